The Balaban J connectivity index is -0.000000492. The number of hydrogen-bond acceptors (Lipinski definition) is 0. The Morgan fingerprint density at radius 3 is 0.963 bits per heavy atom. The van der Waals surface area contributed by atoms with Gasteiger partial charge in [0.25, 0.3) is 0 Å². The molecule has 0 aliphatic carbocycles. The summed E-state index contributed by atoms with van der Waals surface area (Å²) in [5.41, 5.74) is 0. The summed E-state index contributed by atoms with van der Waals surface area (Å²) in [5.74, 6) is 0. The van der Waals surface area contributed by atoms with Gasteiger partial charge in [-0.25, -0.2) is 0 Å². The zero-order valence-electron chi connectivity index (χ0n) is 18.6. The van der Waals surface area contributed by atoms with E-state index < -0.39 is 8.80 Å². The Morgan fingerprint density at radius 2 is 0.778 bits per heavy atom. The minimum atomic E-state index is -0.715. The van der Waals surface area contributed by atoms with E-state index in [0.717, 1.165) is 0 Å². The fraction of sp³-hybridized carbons (Fsp3) is 0.455. The topological polar surface area (TPSA) is 42.3 Å². The maximum Gasteiger partial charge on any atom is 3.00 e. The normalized spacial score (nSPS) is 9.41. The number of benzene rings is 2. The van der Waals surface area contributed by atoms with Crippen LogP contribution in [0.4, 0.5) is 0 Å². The number of hydrogen-bond donors (Lipinski definition) is 0. The van der Waals surface area contributed by atoms with Gasteiger partial charge in [-0.2, -0.15) is 42.3 Å². The van der Waals surface area contributed by atoms with Gasteiger partial charge in [-0.05, 0) is 5.04 Å². The van der Waals surface area contributed by atoms with Crippen molar-refractivity contribution in [1.29, 1.82) is 0 Å². The van der Waals surface area contributed by atoms with E-state index in [1.807, 2.05) is 0 Å². The monoisotopic (exact) mass is 461 g/mol. The second-order valence-corrected chi connectivity index (χ2v) is 10.1. The largest absolute Gasteiger partial charge is 3.00 e. The number of rotatable bonds is 2. The zero-order chi connectivity index (χ0) is 20.4. The van der Waals surface area contributed by atoms with Crippen LogP contribution < -0.4 is 10.4 Å². The van der Waals surface area contributed by atoms with E-state index >= 15 is 0 Å². The third-order valence-corrected chi connectivity index (χ3v) is 6.20. The first-order chi connectivity index (χ1) is 12.3. The van der Waals surface area contributed by atoms with Crippen LogP contribution in [0.3, 0.4) is 0 Å². The van der Waals surface area contributed by atoms with Crippen molar-refractivity contribution in [2.75, 3.05) is 42.3 Å². The predicted molar refractivity (Wildman–Crippen MR) is 123 cm³/mol. The Bertz CT molecular complexity index is 472. The van der Waals surface area contributed by atoms with Gasteiger partial charge < -0.3 is 16.0 Å². The quantitative estimate of drug-likeness (QED) is 0.567. The third-order valence-electron chi connectivity index (χ3n) is 2.87. The van der Waals surface area contributed by atoms with E-state index in [0.29, 0.717) is 5.04 Å². The van der Waals surface area contributed by atoms with E-state index in [9.17, 15) is 0 Å². The van der Waals surface area contributed by atoms with Gasteiger partial charge in [-0.3, -0.25) is 0 Å². The zero-order valence-corrected chi connectivity index (χ0v) is 22.1. The molecular formula is C22H37N3SiZr. The molecule has 0 N–H and O–H groups in total. The summed E-state index contributed by atoms with van der Waals surface area (Å²) in [6, 6.07) is 21.9. The van der Waals surface area contributed by atoms with Gasteiger partial charge in [-0.15, -0.1) is 0 Å². The van der Waals surface area contributed by atoms with Crippen molar-refractivity contribution in [3.05, 3.63) is 76.6 Å². The summed E-state index contributed by atoms with van der Waals surface area (Å²) in [4.78, 5) is 0. The van der Waals surface area contributed by atoms with Gasteiger partial charge in [-0.1, -0.05) is 91.8 Å². The van der Waals surface area contributed by atoms with Crippen molar-refractivity contribution in [2.45, 2.75) is 25.8 Å². The van der Waals surface area contributed by atoms with Crippen LogP contribution in [0.5, 0.6) is 0 Å². The SMILES string of the molecule is CC(C)(C)[Si](c1ccccc1)c1ccccc1.C[N-]C.C[N-]C.C[N-]C.[Zr+3]. The molecule has 0 amide bonds. The summed E-state index contributed by atoms with van der Waals surface area (Å²) >= 11 is 0. The minimum absolute atomic E-state index is 0. The molecule has 0 heterocycles. The van der Waals surface area contributed by atoms with Crippen molar-refractivity contribution in [1.82, 2.24) is 0 Å². The standard InChI is InChI=1S/C16H19Si.3C2H6N.Zr/c1-16(2,3)17(14-10-6-4-7-11-14)15-12-8-5-9-13-15;3*1-3-2;/h4-13H,1-3H3;3*1-2H3;/q;3*-1;+3. The molecule has 0 aliphatic rings. The fourth-order valence-corrected chi connectivity index (χ4v) is 5.36. The molecule has 0 unspecified atom stereocenters. The molecule has 0 aliphatic heterocycles. The third kappa shape index (κ3) is 16.1. The van der Waals surface area contributed by atoms with Crippen molar-refractivity contribution in [3.8, 4) is 0 Å². The van der Waals surface area contributed by atoms with Crippen LogP contribution in [0.2, 0.25) is 5.04 Å². The summed E-state index contributed by atoms with van der Waals surface area (Å²) < 4.78 is 0. The summed E-state index contributed by atoms with van der Waals surface area (Å²) in [6.45, 7) is 7.05. The van der Waals surface area contributed by atoms with E-state index in [1.54, 1.807) is 42.3 Å². The molecule has 0 saturated heterocycles. The average Bonchev–Trinajstić information content (AvgIpc) is 2.58. The summed E-state index contributed by atoms with van der Waals surface area (Å²) in [6.07, 6.45) is 0. The van der Waals surface area contributed by atoms with Crippen LogP contribution in [0.1, 0.15) is 20.8 Å². The molecule has 5 heteroatoms. The van der Waals surface area contributed by atoms with E-state index in [2.05, 4.69) is 97.4 Å². The molecule has 0 fully saturated rings. The van der Waals surface area contributed by atoms with Crippen LogP contribution in [0.25, 0.3) is 16.0 Å². The molecule has 0 atom stereocenters. The minimum Gasteiger partial charge on any atom is -0.668 e. The van der Waals surface area contributed by atoms with Crippen LogP contribution >= 0.6 is 0 Å². The van der Waals surface area contributed by atoms with Gasteiger partial charge in [0.1, 0.15) is 8.80 Å². The van der Waals surface area contributed by atoms with Crippen LogP contribution in [0, 0.1) is 0 Å². The Labute approximate surface area is 189 Å². The molecule has 0 aromatic heterocycles. The second kappa shape index (κ2) is 20.2. The van der Waals surface area contributed by atoms with Crippen LogP contribution in [-0.2, 0) is 26.2 Å². The van der Waals surface area contributed by atoms with Gasteiger partial charge in [0.2, 0.25) is 0 Å². The first kappa shape index (κ1) is 31.1. The molecule has 27 heavy (non-hydrogen) atoms. The first-order valence-corrected chi connectivity index (χ1v) is 10.3. The predicted octanol–water partition coefficient (Wildman–Crippen LogP) is 4.95. The van der Waals surface area contributed by atoms with Crippen LogP contribution in [0.15, 0.2) is 60.7 Å². The fourth-order valence-electron chi connectivity index (χ4n) is 2.24. The average molecular weight is 463 g/mol. The molecule has 2 rings (SSSR count). The van der Waals surface area contributed by atoms with E-state index in [4.69, 9.17) is 0 Å². The molecule has 2 aromatic carbocycles. The van der Waals surface area contributed by atoms with Crippen molar-refractivity contribution in [3.63, 3.8) is 0 Å². The molecule has 2 aromatic rings. The maximum atomic E-state index is 3.50. The Kier molecular flexibility index (Phi) is 23.2. The van der Waals surface area contributed by atoms with E-state index in [1.165, 1.54) is 10.4 Å². The smallest absolute Gasteiger partial charge is 0.668 e. The van der Waals surface area contributed by atoms with Gasteiger partial charge in [0.15, 0.2) is 0 Å². The molecular weight excluding hydrogens is 426 g/mol. The van der Waals surface area contributed by atoms with Crippen molar-refractivity contribution < 1.29 is 26.2 Å². The van der Waals surface area contributed by atoms with Gasteiger partial charge in [0.05, 0.1) is 0 Å². The van der Waals surface area contributed by atoms with Gasteiger partial charge >= 0.3 is 26.2 Å². The van der Waals surface area contributed by atoms with Crippen LogP contribution in [-0.4, -0.2) is 51.1 Å². The van der Waals surface area contributed by atoms with E-state index in [-0.39, 0.29) is 26.2 Å². The summed E-state index contributed by atoms with van der Waals surface area (Å²) in [7, 11) is 9.78. The molecule has 0 saturated carbocycles. The molecule has 3 nitrogen and oxygen atoms in total. The van der Waals surface area contributed by atoms with Crippen molar-refractivity contribution >= 4 is 19.2 Å². The summed E-state index contributed by atoms with van der Waals surface area (Å²) in [5, 5.41) is 13.8. The van der Waals surface area contributed by atoms with Crippen molar-refractivity contribution in [2.24, 2.45) is 0 Å². The molecule has 0 spiro atoms. The molecule has 148 valence electrons. The van der Waals surface area contributed by atoms with Gasteiger partial charge in [0, 0.05) is 0 Å². The number of nitrogens with zero attached hydrogens (tertiary/aromatic N) is 3. The first-order valence-electron chi connectivity index (χ1n) is 8.75. The Morgan fingerprint density at radius 1 is 0.556 bits per heavy atom. The second-order valence-electron chi connectivity index (χ2n) is 6.70. The molecule has 0 bridgehead atoms. The molecule has 2 radical (unpaired) electrons. The Hall–Kier alpha value is -0.580. The maximum absolute atomic E-state index is 3.50.